The van der Waals surface area contributed by atoms with Crippen molar-refractivity contribution in [3.05, 3.63) is 35.9 Å². The fraction of sp³-hybridized carbons (Fsp3) is 0.588. The lowest BCUT2D eigenvalue weighted by molar-refractivity contribution is -0.138. The van der Waals surface area contributed by atoms with Gasteiger partial charge in [-0.3, -0.25) is 14.6 Å². The smallest absolute Gasteiger partial charge is 0.144 e. The van der Waals surface area contributed by atoms with E-state index in [0.717, 1.165) is 32.7 Å². The van der Waals surface area contributed by atoms with Crippen molar-refractivity contribution < 1.29 is 4.79 Å². The summed E-state index contributed by atoms with van der Waals surface area (Å²) in [6.45, 7) is 9.17. The van der Waals surface area contributed by atoms with Crippen molar-refractivity contribution in [1.29, 1.82) is 0 Å². The highest BCUT2D eigenvalue weighted by Crippen LogP contribution is 2.27. The normalized spacial score (nSPS) is 28.1. The number of fused-ring (bicyclic) bond motifs is 2. The Morgan fingerprint density at radius 3 is 2.20 bits per heavy atom. The molecule has 0 amide bonds. The van der Waals surface area contributed by atoms with E-state index in [4.69, 9.17) is 0 Å². The minimum atomic E-state index is 0.216. The van der Waals surface area contributed by atoms with Gasteiger partial charge in [-0.05, 0) is 19.4 Å². The van der Waals surface area contributed by atoms with Gasteiger partial charge >= 0.3 is 0 Å². The van der Waals surface area contributed by atoms with E-state index in [1.54, 1.807) is 0 Å². The van der Waals surface area contributed by atoms with Crippen LogP contribution in [0.25, 0.3) is 0 Å². The number of ketones is 1. The van der Waals surface area contributed by atoms with Crippen molar-refractivity contribution in [2.45, 2.75) is 26.4 Å². The summed E-state index contributed by atoms with van der Waals surface area (Å²) < 4.78 is 0. The zero-order valence-corrected chi connectivity index (χ0v) is 12.5. The molecule has 0 aliphatic carbocycles. The number of hydrogen-bond acceptors (Lipinski definition) is 3. The highest BCUT2D eigenvalue weighted by Gasteiger charge is 2.41. The van der Waals surface area contributed by atoms with Crippen molar-refractivity contribution in [3.63, 3.8) is 0 Å². The summed E-state index contributed by atoms with van der Waals surface area (Å²) in [5, 5.41) is 0. The van der Waals surface area contributed by atoms with Crippen LogP contribution in [-0.4, -0.2) is 47.8 Å². The highest BCUT2D eigenvalue weighted by atomic mass is 16.1. The molecule has 2 aliphatic heterocycles. The Hall–Kier alpha value is -1.19. The molecule has 0 saturated carbocycles. The van der Waals surface area contributed by atoms with Crippen LogP contribution in [0.2, 0.25) is 0 Å². The molecule has 3 nitrogen and oxygen atoms in total. The van der Waals surface area contributed by atoms with Crippen molar-refractivity contribution in [2.24, 2.45) is 11.8 Å². The van der Waals surface area contributed by atoms with Gasteiger partial charge in [0, 0.05) is 50.6 Å². The van der Waals surface area contributed by atoms with Crippen molar-refractivity contribution in [1.82, 2.24) is 9.80 Å². The molecule has 0 aromatic heterocycles. The molecule has 2 aliphatic rings. The van der Waals surface area contributed by atoms with E-state index in [9.17, 15) is 4.79 Å². The third-order valence-corrected chi connectivity index (χ3v) is 4.65. The predicted molar refractivity (Wildman–Crippen MR) is 80.4 cm³/mol. The maximum absolute atomic E-state index is 12.3. The Morgan fingerprint density at radius 2 is 1.65 bits per heavy atom. The summed E-state index contributed by atoms with van der Waals surface area (Å²) in [5.74, 6) is 0.938. The lowest BCUT2D eigenvalue weighted by Crippen LogP contribution is -2.59. The first-order valence-corrected chi connectivity index (χ1v) is 7.67. The first-order chi connectivity index (χ1) is 9.63. The first-order valence-electron chi connectivity index (χ1n) is 7.67. The minimum absolute atomic E-state index is 0.216. The number of Topliss-reactive ketones (excluding diaryl/α,β-unsaturated/α-hetero) is 1. The molecule has 0 N–H and O–H groups in total. The van der Waals surface area contributed by atoms with Crippen molar-refractivity contribution in [2.75, 3.05) is 26.2 Å². The lowest BCUT2D eigenvalue weighted by Gasteiger charge is -2.46. The molecule has 1 aromatic rings. The second-order valence-electron chi connectivity index (χ2n) is 6.52. The third-order valence-electron chi connectivity index (χ3n) is 4.65. The van der Waals surface area contributed by atoms with Gasteiger partial charge in [0.25, 0.3) is 0 Å². The number of hydrogen-bond donors (Lipinski definition) is 0. The molecule has 108 valence electrons. The van der Waals surface area contributed by atoms with Crippen LogP contribution in [0.15, 0.2) is 30.3 Å². The molecule has 0 radical (unpaired) electrons. The SMILES string of the molecule is CC(C)N1C[C@H]2CN(Cc3ccccc3)C[C@@H](C1)C2=O. The van der Waals surface area contributed by atoms with Gasteiger partial charge in [-0.25, -0.2) is 0 Å². The lowest BCUT2D eigenvalue weighted by atomic mass is 9.82. The zero-order chi connectivity index (χ0) is 14.1. The summed E-state index contributed by atoms with van der Waals surface area (Å²) in [5.41, 5.74) is 1.35. The van der Waals surface area contributed by atoms with Gasteiger partial charge < -0.3 is 0 Å². The molecule has 20 heavy (non-hydrogen) atoms. The Bertz CT molecular complexity index is 453. The van der Waals surface area contributed by atoms with Gasteiger partial charge in [0.05, 0.1) is 0 Å². The van der Waals surface area contributed by atoms with Gasteiger partial charge in [0.15, 0.2) is 0 Å². The number of carbonyl (C=O) groups is 1. The molecule has 2 atom stereocenters. The standard InChI is InChI=1S/C17H24N2O/c1-13(2)19-11-15-9-18(10-16(12-19)17(15)20)8-14-6-4-3-5-7-14/h3-7,13,15-16H,8-12H2,1-2H3/t15-,16+. The van der Waals surface area contributed by atoms with E-state index in [-0.39, 0.29) is 11.8 Å². The summed E-state index contributed by atoms with van der Waals surface area (Å²) in [7, 11) is 0. The monoisotopic (exact) mass is 272 g/mol. The molecular weight excluding hydrogens is 248 g/mol. The summed E-state index contributed by atoms with van der Waals surface area (Å²) in [6, 6.07) is 11.1. The fourth-order valence-electron chi connectivity index (χ4n) is 3.54. The molecule has 2 fully saturated rings. The third kappa shape index (κ3) is 2.79. The number of piperidine rings is 2. The van der Waals surface area contributed by atoms with E-state index >= 15 is 0 Å². The largest absolute Gasteiger partial charge is 0.299 e. The van der Waals surface area contributed by atoms with Gasteiger partial charge in [-0.1, -0.05) is 30.3 Å². The average molecular weight is 272 g/mol. The van der Waals surface area contributed by atoms with Crippen LogP contribution in [0, 0.1) is 11.8 Å². The van der Waals surface area contributed by atoms with Crippen LogP contribution in [0.5, 0.6) is 0 Å². The number of nitrogens with zero attached hydrogens (tertiary/aromatic N) is 2. The van der Waals surface area contributed by atoms with E-state index in [1.165, 1.54) is 5.56 Å². The molecule has 2 heterocycles. The summed E-state index contributed by atoms with van der Waals surface area (Å²) in [6.07, 6.45) is 0. The molecule has 2 bridgehead atoms. The Labute approximate surface area is 121 Å². The second-order valence-corrected chi connectivity index (χ2v) is 6.52. The highest BCUT2D eigenvalue weighted by molar-refractivity contribution is 5.85. The molecule has 1 aromatic carbocycles. The number of benzene rings is 1. The van der Waals surface area contributed by atoms with E-state index in [2.05, 4.69) is 54.0 Å². The van der Waals surface area contributed by atoms with Crippen LogP contribution >= 0.6 is 0 Å². The maximum Gasteiger partial charge on any atom is 0.144 e. The molecule has 0 unspecified atom stereocenters. The van der Waals surface area contributed by atoms with Crippen molar-refractivity contribution >= 4 is 5.78 Å². The quantitative estimate of drug-likeness (QED) is 0.841. The van der Waals surface area contributed by atoms with Crippen LogP contribution in [-0.2, 0) is 11.3 Å². The Kier molecular flexibility index (Phi) is 3.90. The Balaban J connectivity index is 1.67. The Morgan fingerprint density at radius 1 is 1.05 bits per heavy atom. The number of carbonyl (C=O) groups excluding carboxylic acids is 1. The molecule has 3 heteroatoms. The molecule has 3 rings (SSSR count). The summed E-state index contributed by atoms with van der Waals surface area (Å²) >= 11 is 0. The number of likely N-dealkylation sites (tertiary alicyclic amines) is 2. The molecule has 0 spiro atoms. The molecule has 2 saturated heterocycles. The zero-order valence-electron chi connectivity index (χ0n) is 12.5. The fourth-order valence-corrected chi connectivity index (χ4v) is 3.54. The number of rotatable bonds is 3. The van der Waals surface area contributed by atoms with E-state index < -0.39 is 0 Å². The van der Waals surface area contributed by atoms with Crippen LogP contribution in [0.3, 0.4) is 0 Å². The summed E-state index contributed by atoms with van der Waals surface area (Å²) in [4.78, 5) is 17.3. The van der Waals surface area contributed by atoms with Gasteiger partial charge in [-0.2, -0.15) is 0 Å². The van der Waals surface area contributed by atoms with E-state index in [1.807, 2.05) is 0 Å². The maximum atomic E-state index is 12.3. The second kappa shape index (κ2) is 5.66. The van der Waals surface area contributed by atoms with Gasteiger partial charge in [0.1, 0.15) is 5.78 Å². The predicted octanol–water partition coefficient (Wildman–Crippen LogP) is 2.03. The van der Waals surface area contributed by atoms with E-state index in [0.29, 0.717) is 11.8 Å². The van der Waals surface area contributed by atoms with Crippen molar-refractivity contribution in [3.8, 4) is 0 Å². The van der Waals surface area contributed by atoms with Gasteiger partial charge in [0.2, 0.25) is 0 Å². The first kappa shape index (κ1) is 13.8. The van der Waals surface area contributed by atoms with Gasteiger partial charge in [-0.15, -0.1) is 0 Å². The van der Waals surface area contributed by atoms with Crippen LogP contribution < -0.4 is 0 Å². The topological polar surface area (TPSA) is 23.6 Å². The minimum Gasteiger partial charge on any atom is -0.299 e. The van der Waals surface area contributed by atoms with Crippen LogP contribution in [0.1, 0.15) is 19.4 Å². The van der Waals surface area contributed by atoms with Crippen LogP contribution in [0.4, 0.5) is 0 Å². The average Bonchev–Trinajstić information content (AvgIpc) is 2.40. The molecular formula is C17H24N2O.